The van der Waals surface area contributed by atoms with Crippen molar-refractivity contribution >= 4 is 18.5 Å². The van der Waals surface area contributed by atoms with E-state index in [1.54, 1.807) is 0 Å². The van der Waals surface area contributed by atoms with Crippen LogP contribution in [0, 0.1) is 0 Å². The fourth-order valence-electron chi connectivity index (χ4n) is 0.380. The zero-order valence-corrected chi connectivity index (χ0v) is 8.14. The van der Waals surface area contributed by atoms with Crippen LogP contribution in [0.5, 0.6) is 0 Å². The predicted octanol–water partition coefficient (Wildman–Crippen LogP) is 2.46. The molecule has 0 aromatic heterocycles. The molecule has 0 aromatic carbocycles. The molecule has 0 saturated heterocycles. The van der Waals surface area contributed by atoms with Gasteiger partial charge in [-0.3, -0.25) is 0 Å². The van der Waals surface area contributed by atoms with E-state index in [1.165, 1.54) is 6.16 Å². The molecule has 0 amide bonds. The topological polar surface area (TPSA) is 26.0 Å². The summed E-state index contributed by atoms with van der Waals surface area (Å²) in [5, 5.41) is 0.376. The van der Waals surface area contributed by atoms with Crippen LogP contribution in [0.1, 0.15) is 20.3 Å². The van der Waals surface area contributed by atoms with Gasteiger partial charge in [-0.15, -0.1) is 11.4 Å². The lowest BCUT2D eigenvalue weighted by atomic mass is 10.5. The summed E-state index contributed by atoms with van der Waals surface area (Å²) in [7, 11) is 0.168. The Morgan fingerprint density at radius 3 is 2.44 bits per heavy atom. The fraction of sp³-hybridized carbons (Fsp3) is 1.00. The highest BCUT2D eigenvalue weighted by atomic mass is 32.7. The number of hydrogen-bond donors (Lipinski definition) is 1. The van der Waals surface area contributed by atoms with Crippen LogP contribution in [-0.4, -0.2) is 18.2 Å². The van der Waals surface area contributed by atoms with Crippen molar-refractivity contribution in [3.8, 4) is 0 Å². The second-order valence-corrected chi connectivity index (χ2v) is 7.20. The van der Waals surface area contributed by atoms with Crippen LogP contribution in [0.3, 0.4) is 0 Å². The molecule has 0 aromatic rings. The van der Waals surface area contributed by atoms with Gasteiger partial charge in [-0.25, -0.2) is 0 Å². The third kappa shape index (κ3) is 5.20. The summed E-state index contributed by atoms with van der Waals surface area (Å²) in [5.74, 6) is 0. The highest BCUT2D eigenvalue weighted by Crippen LogP contribution is 2.47. The van der Waals surface area contributed by atoms with E-state index in [4.69, 9.17) is 5.73 Å². The van der Waals surface area contributed by atoms with Crippen molar-refractivity contribution in [3.63, 3.8) is 0 Å². The molecule has 0 aliphatic carbocycles. The van der Waals surface area contributed by atoms with Crippen molar-refractivity contribution < 1.29 is 0 Å². The van der Waals surface area contributed by atoms with Crippen LogP contribution >= 0.6 is 18.5 Å². The van der Waals surface area contributed by atoms with Gasteiger partial charge in [0.2, 0.25) is 0 Å². The summed E-state index contributed by atoms with van der Waals surface area (Å²) in [6, 6.07) is 0. The van der Waals surface area contributed by atoms with Crippen LogP contribution in [-0.2, 0) is 0 Å². The minimum absolute atomic E-state index is 0.168. The van der Waals surface area contributed by atoms with E-state index in [0.29, 0.717) is 5.37 Å². The first-order valence-corrected chi connectivity index (χ1v) is 6.80. The van der Waals surface area contributed by atoms with Crippen LogP contribution in [0.2, 0.25) is 0 Å². The number of nitrogens with two attached hydrogens (primary N) is 1. The van der Waals surface area contributed by atoms with Crippen molar-refractivity contribution in [2.75, 3.05) is 12.8 Å². The average Bonchev–Trinajstić information content (AvgIpc) is 1.87. The first-order chi connectivity index (χ1) is 4.20. The second-order valence-electron chi connectivity index (χ2n) is 2.00. The van der Waals surface area contributed by atoms with E-state index in [0.717, 1.165) is 6.42 Å². The molecule has 0 aliphatic rings. The molecule has 0 rings (SSSR count). The highest BCUT2D eigenvalue weighted by Gasteiger charge is 2.03. The molecule has 2 atom stereocenters. The molecule has 0 radical (unpaired) electrons. The number of rotatable bonds is 4. The molecule has 0 spiro atoms. The Bertz CT molecular complexity index is 62.1. The SMILES string of the molecule is CC[C@H](N)SP(C)CC. The van der Waals surface area contributed by atoms with Crippen molar-refractivity contribution in [1.82, 2.24) is 0 Å². The zero-order chi connectivity index (χ0) is 7.28. The molecular weight excluding hydrogens is 149 g/mol. The van der Waals surface area contributed by atoms with Gasteiger partial charge in [-0.1, -0.05) is 13.8 Å². The van der Waals surface area contributed by atoms with E-state index in [2.05, 4.69) is 20.5 Å². The molecule has 0 aliphatic heterocycles. The van der Waals surface area contributed by atoms with E-state index < -0.39 is 0 Å². The highest BCUT2D eigenvalue weighted by molar-refractivity contribution is 8.55. The van der Waals surface area contributed by atoms with E-state index in [-0.39, 0.29) is 7.12 Å². The summed E-state index contributed by atoms with van der Waals surface area (Å²) < 4.78 is 0. The minimum atomic E-state index is 0.168. The zero-order valence-electron chi connectivity index (χ0n) is 6.42. The summed E-state index contributed by atoms with van der Waals surface area (Å²) in [6.45, 7) is 6.65. The lowest BCUT2D eigenvalue weighted by molar-refractivity contribution is 0.874. The maximum absolute atomic E-state index is 5.73. The maximum Gasteiger partial charge on any atom is 0.0545 e. The molecule has 0 heterocycles. The molecule has 0 saturated carbocycles. The Kier molecular flexibility index (Phi) is 5.97. The van der Waals surface area contributed by atoms with Gasteiger partial charge in [0.25, 0.3) is 0 Å². The summed E-state index contributed by atoms with van der Waals surface area (Å²) in [6.07, 6.45) is 2.38. The number of hydrogen-bond acceptors (Lipinski definition) is 2. The quantitative estimate of drug-likeness (QED) is 0.511. The Balaban J connectivity index is 3.22. The van der Waals surface area contributed by atoms with Gasteiger partial charge in [0.1, 0.15) is 0 Å². The Labute approximate surface area is 63.3 Å². The van der Waals surface area contributed by atoms with Crippen LogP contribution in [0.15, 0.2) is 0 Å². The monoisotopic (exact) mass is 165 g/mol. The maximum atomic E-state index is 5.73. The molecule has 56 valence electrons. The van der Waals surface area contributed by atoms with Crippen molar-refractivity contribution in [1.29, 1.82) is 0 Å². The summed E-state index contributed by atoms with van der Waals surface area (Å²) in [4.78, 5) is 0. The molecular formula is C6H16NPS. The van der Waals surface area contributed by atoms with Crippen molar-refractivity contribution in [2.24, 2.45) is 5.73 Å². The lowest BCUT2D eigenvalue weighted by Gasteiger charge is -2.13. The summed E-state index contributed by atoms with van der Waals surface area (Å²) in [5.41, 5.74) is 5.73. The molecule has 1 nitrogen and oxygen atoms in total. The molecule has 0 bridgehead atoms. The Hall–Kier alpha value is 0.740. The first kappa shape index (κ1) is 9.74. The van der Waals surface area contributed by atoms with Gasteiger partial charge >= 0.3 is 0 Å². The molecule has 9 heavy (non-hydrogen) atoms. The van der Waals surface area contributed by atoms with Gasteiger partial charge in [-0.2, -0.15) is 0 Å². The van der Waals surface area contributed by atoms with Crippen LogP contribution in [0.4, 0.5) is 0 Å². The van der Waals surface area contributed by atoms with E-state index >= 15 is 0 Å². The van der Waals surface area contributed by atoms with E-state index in [9.17, 15) is 0 Å². The fourth-order valence-corrected chi connectivity index (χ4v) is 3.42. The third-order valence-corrected chi connectivity index (χ3v) is 5.68. The smallest absolute Gasteiger partial charge is 0.0545 e. The standard InChI is InChI=1S/C6H16NPS/c1-4-6(7)9-8(3)5-2/h6H,4-5,7H2,1-3H3/t6-,8?/m1/s1. The molecule has 2 N–H and O–H groups in total. The Morgan fingerprint density at radius 2 is 2.11 bits per heavy atom. The minimum Gasteiger partial charge on any atom is -0.319 e. The largest absolute Gasteiger partial charge is 0.319 e. The van der Waals surface area contributed by atoms with Gasteiger partial charge < -0.3 is 5.73 Å². The lowest BCUT2D eigenvalue weighted by Crippen LogP contribution is -2.12. The van der Waals surface area contributed by atoms with Crippen molar-refractivity contribution in [2.45, 2.75) is 25.6 Å². The Morgan fingerprint density at radius 1 is 1.56 bits per heavy atom. The summed E-state index contributed by atoms with van der Waals surface area (Å²) >= 11 is 1.94. The van der Waals surface area contributed by atoms with Crippen molar-refractivity contribution in [3.05, 3.63) is 0 Å². The molecule has 1 unspecified atom stereocenters. The first-order valence-electron chi connectivity index (χ1n) is 3.34. The van der Waals surface area contributed by atoms with Crippen LogP contribution in [0.25, 0.3) is 0 Å². The second kappa shape index (κ2) is 5.52. The molecule has 0 fully saturated rings. The predicted molar refractivity (Wildman–Crippen MR) is 49.2 cm³/mol. The van der Waals surface area contributed by atoms with E-state index in [1.807, 2.05) is 11.4 Å². The van der Waals surface area contributed by atoms with Gasteiger partial charge in [0, 0.05) is 0 Å². The van der Waals surface area contributed by atoms with Crippen LogP contribution < -0.4 is 5.73 Å². The van der Waals surface area contributed by atoms with Gasteiger partial charge in [-0.05, 0) is 26.4 Å². The van der Waals surface area contributed by atoms with Gasteiger partial charge in [0.15, 0.2) is 0 Å². The normalized spacial score (nSPS) is 17.3. The molecule has 3 heteroatoms. The third-order valence-electron chi connectivity index (χ3n) is 1.16. The van der Waals surface area contributed by atoms with Gasteiger partial charge in [0.05, 0.1) is 5.37 Å². The average molecular weight is 165 g/mol.